The maximum Gasteiger partial charge on any atom is 0.142 e. The van der Waals surface area contributed by atoms with Gasteiger partial charge in [0.2, 0.25) is 0 Å². The average Bonchev–Trinajstić information content (AvgIpc) is 2.53. The highest BCUT2D eigenvalue weighted by molar-refractivity contribution is 7.10. The number of likely N-dealkylation sites (N-methyl/N-ethyl adjacent to an activating group) is 1. The van der Waals surface area contributed by atoms with Crippen molar-refractivity contribution in [2.24, 2.45) is 0 Å². The molecule has 1 fully saturated rings. The van der Waals surface area contributed by atoms with Gasteiger partial charge in [0, 0.05) is 30.7 Å². The van der Waals surface area contributed by atoms with Crippen LogP contribution < -0.4 is 10.6 Å². The minimum absolute atomic E-state index is 0.212. The first-order valence-electron chi connectivity index (χ1n) is 5.60. The standard InChI is InChI=1S/C11H20N4S/c1-8-9(12)13-16-10(8)15-6-5-14(4)11(2,3)7-15/h5-7H2,1-4H3,(H2,12,13). The van der Waals surface area contributed by atoms with E-state index in [1.54, 1.807) is 0 Å². The van der Waals surface area contributed by atoms with E-state index in [9.17, 15) is 0 Å². The summed E-state index contributed by atoms with van der Waals surface area (Å²) in [6.45, 7) is 9.79. The van der Waals surface area contributed by atoms with Crippen LogP contribution in [-0.4, -0.2) is 41.5 Å². The molecule has 0 radical (unpaired) electrons. The van der Waals surface area contributed by atoms with E-state index in [1.165, 1.54) is 16.5 Å². The van der Waals surface area contributed by atoms with Crippen molar-refractivity contribution in [2.45, 2.75) is 26.3 Å². The molecule has 1 aliphatic rings. The van der Waals surface area contributed by atoms with E-state index in [-0.39, 0.29) is 5.54 Å². The molecule has 1 aromatic heterocycles. The second-order valence-corrected chi connectivity index (χ2v) is 5.91. The fraction of sp³-hybridized carbons (Fsp3) is 0.727. The Morgan fingerprint density at radius 1 is 1.38 bits per heavy atom. The molecule has 2 N–H and O–H groups in total. The van der Waals surface area contributed by atoms with Crippen molar-refractivity contribution in [1.82, 2.24) is 9.27 Å². The van der Waals surface area contributed by atoms with E-state index in [2.05, 4.69) is 42.0 Å². The summed E-state index contributed by atoms with van der Waals surface area (Å²) < 4.78 is 4.22. The Morgan fingerprint density at radius 2 is 2.06 bits per heavy atom. The molecule has 0 spiro atoms. The third-order valence-corrected chi connectivity index (χ3v) is 4.56. The van der Waals surface area contributed by atoms with Gasteiger partial charge in [-0.05, 0) is 39.4 Å². The lowest BCUT2D eigenvalue weighted by Crippen LogP contribution is -2.57. The first-order chi connectivity index (χ1) is 7.42. The SMILES string of the molecule is Cc1c(N)nsc1N1CCN(C)C(C)(C)C1. The average molecular weight is 240 g/mol. The summed E-state index contributed by atoms with van der Waals surface area (Å²) in [7, 11) is 2.19. The van der Waals surface area contributed by atoms with Crippen LogP contribution in [0.2, 0.25) is 0 Å². The third kappa shape index (κ3) is 1.89. The van der Waals surface area contributed by atoms with Gasteiger partial charge in [-0.1, -0.05) is 0 Å². The Kier molecular flexibility index (Phi) is 2.84. The Bertz CT molecular complexity index is 385. The van der Waals surface area contributed by atoms with Crippen molar-refractivity contribution in [3.05, 3.63) is 5.56 Å². The molecule has 0 atom stereocenters. The molecule has 5 heteroatoms. The monoisotopic (exact) mass is 240 g/mol. The van der Waals surface area contributed by atoms with Crippen molar-refractivity contribution in [1.29, 1.82) is 0 Å². The Labute approximate surface area is 101 Å². The quantitative estimate of drug-likeness (QED) is 0.809. The Morgan fingerprint density at radius 3 is 2.56 bits per heavy atom. The van der Waals surface area contributed by atoms with Crippen molar-refractivity contribution in [2.75, 3.05) is 37.3 Å². The van der Waals surface area contributed by atoms with E-state index in [4.69, 9.17) is 5.73 Å². The predicted octanol–water partition coefficient (Wildman–Crippen LogP) is 1.56. The maximum absolute atomic E-state index is 5.80. The molecule has 2 rings (SSSR count). The first-order valence-corrected chi connectivity index (χ1v) is 6.37. The summed E-state index contributed by atoms with van der Waals surface area (Å²) in [5.41, 5.74) is 7.15. The minimum Gasteiger partial charge on any atom is -0.383 e. The zero-order chi connectivity index (χ0) is 11.9. The highest BCUT2D eigenvalue weighted by Crippen LogP contribution is 2.32. The molecule has 2 heterocycles. The van der Waals surface area contributed by atoms with Gasteiger partial charge in [-0.25, -0.2) is 0 Å². The largest absolute Gasteiger partial charge is 0.383 e. The number of hydrogen-bond donors (Lipinski definition) is 1. The highest BCUT2D eigenvalue weighted by Gasteiger charge is 2.32. The fourth-order valence-corrected chi connectivity index (χ4v) is 2.88. The number of hydrogen-bond acceptors (Lipinski definition) is 5. The zero-order valence-corrected chi connectivity index (χ0v) is 11.3. The lowest BCUT2D eigenvalue weighted by atomic mass is 10.00. The van der Waals surface area contributed by atoms with Gasteiger partial charge < -0.3 is 10.6 Å². The lowest BCUT2D eigenvalue weighted by Gasteiger charge is -2.45. The van der Waals surface area contributed by atoms with Crippen molar-refractivity contribution >= 4 is 22.4 Å². The first kappa shape index (κ1) is 11.7. The van der Waals surface area contributed by atoms with E-state index in [1.807, 2.05) is 0 Å². The maximum atomic E-state index is 5.80. The number of rotatable bonds is 1. The van der Waals surface area contributed by atoms with Gasteiger partial charge in [0.05, 0.1) is 0 Å². The molecular formula is C11H20N4S. The number of piperazine rings is 1. The smallest absolute Gasteiger partial charge is 0.142 e. The molecule has 0 bridgehead atoms. The molecule has 1 saturated heterocycles. The summed E-state index contributed by atoms with van der Waals surface area (Å²) in [4.78, 5) is 4.81. The lowest BCUT2D eigenvalue weighted by molar-refractivity contribution is 0.139. The second kappa shape index (κ2) is 3.89. The predicted molar refractivity (Wildman–Crippen MR) is 70.2 cm³/mol. The van der Waals surface area contributed by atoms with Crippen LogP contribution in [0, 0.1) is 6.92 Å². The van der Waals surface area contributed by atoms with E-state index < -0.39 is 0 Å². The summed E-state index contributed by atoms with van der Waals surface area (Å²) >= 11 is 1.52. The van der Waals surface area contributed by atoms with Gasteiger partial charge in [0.15, 0.2) is 0 Å². The summed E-state index contributed by atoms with van der Waals surface area (Å²) in [5, 5.41) is 1.23. The van der Waals surface area contributed by atoms with Gasteiger partial charge in [-0.15, -0.1) is 0 Å². The van der Waals surface area contributed by atoms with Gasteiger partial charge in [0.1, 0.15) is 10.8 Å². The number of nitrogens with zero attached hydrogens (tertiary/aromatic N) is 3. The summed E-state index contributed by atoms with van der Waals surface area (Å²) in [6, 6.07) is 0. The molecule has 0 aliphatic carbocycles. The molecule has 0 unspecified atom stereocenters. The van der Waals surface area contributed by atoms with E-state index >= 15 is 0 Å². The van der Waals surface area contributed by atoms with E-state index in [0.717, 1.165) is 25.2 Å². The normalized spacial score (nSPS) is 21.4. The fourth-order valence-electron chi connectivity index (χ4n) is 2.05. The highest BCUT2D eigenvalue weighted by atomic mass is 32.1. The molecule has 16 heavy (non-hydrogen) atoms. The van der Waals surface area contributed by atoms with Gasteiger partial charge in [-0.3, -0.25) is 4.90 Å². The van der Waals surface area contributed by atoms with Crippen LogP contribution in [0.4, 0.5) is 10.8 Å². The Hall–Kier alpha value is -0.810. The zero-order valence-electron chi connectivity index (χ0n) is 10.4. The summed E-state index contributed by atoms with van der Waals surface area (Å²) in [5.74, 6) is 0.678. The Balaban J connectivity index is 2.21. The molecule has 0 saturated carbocycles. The number of aromatic nitrogens is 1. The van der Waals surface area contributed by atoms with Crippen LogP contribution >= 0.6 is 11.5 Å². The summed E-state index contributed by atoms with van der Waals surface area (Å²) in [6.07, 6.45) is 0. The van der Waals surface area contributed by atoms with Crippen LogP contribution in [0.5, 0.6) is 0 Å². The molecule has 90 valence electrons. The molecule has 1 aromatic rings. The van der Waals surface area contributed by atoms with E-state index in [0.29, 0.717) is 5.82 Å². The van der Waals surface area contributed by atoms with Gasteiger partial charge in [0.25, 0.3) is 0 Å². The van der Waals surface area contributed by atoms with Crippen LogP contribution in [0.3, 0.4) is 0 Å². The molecule has 0 aromatic carbocycles. The third-order valence-electron chi connectivity index (χ3n) is 3.54. The van der Waals surface area contributed by atoms with Crippen molar-refractivity contribution < 1.29 is 0 Å². The molecule has 0 amide bonds. The number of nitrogen functional groups attached to an aromatic ring is 1. The van der Waals surface area contributed by atoms with Crippen LogP contribution in [0.15, 0.2) is 0 Å². The van der Waals surface area contributed by atoms with Crippen LogP contribution in [0.25, 0.3) is 0 Å². The number of anilines is 2. The molecular weight excluding hydrogens is 220 g/mol. The van der Waals surface area contributed by atoms with Crippen LogP contribution in [-0.2, 0) is 0 Å². The van der Waals surface area contributed by atoms with Gasteiger partial charge in [-0.2, -0.15) is 4.37 Å². The van der Waals surface area contributed by atoms with Crippen molar-refractivity contribution in [3.63, 3.8) is 0 Å². The second-order valence-electron chi connectivity index (χ2n) is 5.15. The van der Waals surface area contributed by atoms with Crippen molar-refractivity contribution in [3.8, 4) is 0 Å². The molecule has 4 nitrogen and oxygen atoms in total. The minimum atomic E-state index is 0.212. The topological polar surface area (TPSA) is 45.4 Å². The molecule has 1 aliphatic heterocycles. The van der Waals surface area contributed by atoms with Gasteiger partial charge >= 0.3 is 0 Å². The number of nitrogens with two attached hydrogens (primary N) is 1. The van der Waals surface area contributed by atoms with Crippen LogP contribution in [0.1, 0.15) is 19.4 Å².